The van der Waals surface area contributed by atoms with Crippen LogP contribution >= 0.6 is 0 Å². The molecule has 0 fully saturated rings. The summed E-state index contributed by atoms with van der Waals surface area (Å²) < 4.78 is 15.0. The van der Waals surface area contributed by atoms with Crippen LogP contribution in [0.25, 0.3) is 6.08 Å². The molecule has 2 rings (SSSR count). The molecule has 0 radical (unpaired) electrons. The molecule has 0 unspecified atom stereocenters. The normalized spacial score (nSPS) is 15.4. The highest BCUT2D eigenvalue weighted by Crippen LogP contribution is 2.18. The molecule has 1 aliphatic heterocycles. The first-order valence-corrected chi connectivity index (χ1v) is 5.93. The molecule has 0 saturated heterocycles. The van der Waals surface area contributed by atoms with Crippen molar-refractivity contribution in [3.63, 3.8) is 0 Å². The van der Waals surface area contributed by atoms with E-state index in [4.69, 9.17) is 9.15 Å². The Morgan fingerprint density at radius 3 is 2.84 bits per heavy atom. The minimum absolute atomic E-state index is 0.106. The zero-order valence-electron chi connectivity index (χ0n) is 10.5. The highest BCUT2D eigenvalue weighted by molar-refractivity contribution is 6.25. The summed E-state index contributed by atoms with van der Waals surface area (Å²) in [4.78, 5) is 23.9. The molecule has 100 valence electrons. The molecule has 0 saturated carbocycles. The maximum atomic E-state index is 12.2. The molecular weight excluding hydrogens is 248 g/mol. The summed E-state index contributed by atoms with van der Waals surface area (Å²) in [5.74, 6) is -0.598. The van der Waals surface area contributed by atoms with Gasteiger partial charge in [0.05, 0.1) is 20.0 Å². The quantitative estimate of drug-likeness (QED) is 0.360. The zero-order valence-corrected chi connectivity index (χ0v) is 10.5. The molecule has 5 heteroatoms. The summed E-state index contributed by atoms with van der Waals surface area (Å²) in [7, 11) is 1.22. The second-order valence-electron chi connectivity index (χ2n) is 3.95. The fourth-order valence-electron chi connectivity index (χ4n) is 1.69. The molecule has 0 amide bonds. The Morgan fingerprint density at radius 2 is 2.26 bits per heavy atom. The van der Waals surface area contributed by atoms with Gasteiger partial charge in [0.2, 0.25) is 5.78 Å². The highest BCUT2D eigenvalue weighted by Gasteiger charge is 2.25. The van der Waals surface area contributed by atoms with Crippen molar-refractivity contribution in [1.82, 2.24) is 0 Å². The summed E-state index contributed by atoms with van der Waals surface area (Å²) in [6, 6.07) is 3.31. The average Bonchev–Trinajstić information content (AvgIpc) is 2.97. The number of hydrogen-bond acceptors (Lipinski definition) is 5. The van der Waals surface area contributed by atoms with Crippen LogP contribution in [0.4, 0.5) is 0 Å². The number of carbonyl (C=O) groups is 2. The lowest BCUT2D eigenvalue weighted by Gasteiger charge is -2.14. The maximum absolute atomic E-state index is 12.2. The highest BCUT2D eigenvalue weighted by atomic mass is 16.5. The second-order valence-corrected chi connectivity index (χ2v) is 3.95. The van der Waals surface area contributed by atoms with Gasteiger partial charge in [-0.05, 0) is 37.1 Å². The van der Waals surface area contributed by atoms with Crippen LogP contribution in [0.15, 0.2) is 40.2 Å². The van der Waals surface area contributed by atoms with Gasteiger partial charge in [-0.15, -0.1) is 0 Å². The fraction of sp³-hybridized carbons (Fsp3) is 0.286. The van der Waals surface area contributed by atoms with Crippen molar-refractivity contribution in [2.75, 3.05) is 13.7 Å². The van der Waals surface area contributed by atoms with E-state index in [0.29, 0.717) is 12.4 Å². The molecule has 5 nitrogen and oxygen atoms in total. The summed E-state index contributed by atoms with van der Waals surface area (Å²) in [5, 5.41) is 0. The molecule has 0 bridgehead atoms. The molecule has 1 aromatic rings. The third-order valence-corrected chi connectivity index (χ3v) is 2.64. The van der Waals surface area contributed by atoms with Crippen LogP contribution in [-0.2, 0) is 19.1 Å². The zero-order chi connectivity index (χ0) is 13.7. The van der Waals surface area contributed by atoms with Gasteiger partial charge in [-0.1, -0.05) is 0 Å². The molecule has 0 spiro atoms. The van der Waals surface area contributed by atoms with Crippen LogP contribution in [0.2, 0.25) is 0 Å². The molecule has 2 heterocycles. The van der Waals surface area contributed by atoms with E-state index in [1.165, 1.54) is 19.4 Å². The Hall–Kier alpha value is -2.30. The summed E-state index contributed by atoms with van der Waals surface area (Å²) in [6.07, 6.45) is 6.13. The number of esters is 1. The molecule has 0 aliphatic carbocycles. The van der Waals surface area contributed by atoms with Gasteiger partial charge in [-0.3, -0.25) is 4.79 Å². The Morgan fingerprint density at radius 1 is 1.42 bits per heavy atom. The van der Waals surface area contributed by atoms with Gasteiger partial charge in [-0.25, -0.2) is 4.79 Å². The third-order valence-electron chi connectivity index (χ3n) is 2.64. The number of allylic oxidation sites excluding steroid dienone is 2. The summed E-state index contributed by atoms with van der Waals surface area (Å²) >= 11 is 0. The minimum Gasteiger partial charge on any atom is -0.490 e. The Labute approximate surface area is 110 Å². The van der Waals surface area contributed by atoms with Crippen molar-refractivity contribution in [3.05, 3.63) is 41.6 Å². The van der Waals surface area contributed by atoms with Crippen molar-refractivity contribution in [2.45, 2.75) is 12.8 Å². The van der Waals surface area contributed by atoms with Gasteiger partial charge >= 0.3 is 5.97 Å². The number of furan rings is 1. The van der Waals surface area contributed by atoms with Crippen LogP contribution in [0.3, 0.4) is 0 Å². The predicted molar refractivity (Wildman–Crippen MR) is 67.0 cm³/mol. The van der Waals surface area contributed by atoms with Crippen LogP contribution in [-0.4, -0.2) is 25.5 Å². The van der Waals surface area contributed by atoms with E-state index in [-0.39, 0.29) is 11.3 Å². The largest absolute Gasteiger partial charge is 0.490 e. The Bertz CT molecular complexity index is 522. The van der Waals surface area contributed by atoms with Gasteiger partial charge in [-0.2, -0.15) is 0 Å². The van der Waals surface area contributed by atoms with Crippen molar-refractivity contribution < 1.29 is 23.5 Å². The van der Waals surface area contributed by atoms with E-state index in [2.05, 4.69) is 4.74 Å². The predicted octanol–water partition coefficient (Wildman–Crippen LogP) is 2.10. The minimum atomic E-state index is -0.712. The number of rotatable bonds is 4. The van der Waals surface area contributed by atoms with Crippen molar-refractivity contribution in [3.8, 4) is 0 Å². The number of carbonyl (C=O) groups excluding carboxylic acids is 2. The first-order chi connectivity index (χ1) is 9.22. The van der Waals surface area contributed by atoms with E-state index >= 15 is 0 Å². The van der Waals surface area contributed by atoms with Crippen LogP contribution < -0.4 is 0 Å². The van der Waals surface area contributed by atoms with E-state index < -0.39 is 11.8 Å². The maximum Gasteiger partial charge on any atom is 0.342 e. The molecule has 0 aromatic carbocycles. The van der Waals surface area contributed by atoms with Gasteiger partial charge < -0.3 is 13.9 Å². The van der Waals surface area contributed by atoms with Crippen LogP contribution in [0.5, 0.6) is 0 Å². The molecule has 19 heavy (non-hydrogen) atoms. The smallest absolute Gasteiger partial charge is 0.342 e. The van der Waals surface area contributed by atoms with E-state index in [9.17, 15) is 9.59 Å². The molecule has 0 atom stereocenters. The first-order valence-electron chi connectivity index (χ1n) is 5.93. The van der Waals surface area contributed by atoms with Crippen molar-refractivity contribution in [1.29, 1.82) is 0 Å². The monoisotopic (exact) mass is 262 g/mol. The van der Waals surface area contributed by atoms with Gasteiger partial charge in [0.25, 0.3) is 0 Å². The number of ketones is 1. The van der Waals surface area contributed by atoms with Crippen molar-refractivity contribution >= 4 is 17.8 Å². The molecule has 1 aliphatic rings. The lowest BCUT2D eigenvalue weighted by Crippen LogP contribution is -2.19. The van der Waals surface area contributed by atoms with Gasteiger partial charge in [0.1, 0.15) is 11.3 Å². The topological polar surface area (TPSA) is 65.7 Å². The van der Waals surface area contributed by atoms with E-state index in [0.717, 1.165) is 12.8 Å². The average molecular weight is 262 g/mol. The molecule has 0 N–H and O–H groups in total. The van der Waals surface area contributed by atoms with Crippen LogP contribution in [0.1, 0.15) is 18.6 Å². The second kappa shape index (κ2) is 6.04. The van der Waals surface area contributed by atoms with Crippen LogP contribution in [0, 0.1) is 0 Å². The SMILES string of the molecule is COC(=O)/C(=C\c1ccco1)C(=O)C1=CCCCO1. The van der Waals surface area contributed by atoms with E-state index in [1.54, 1.807) is 18.2 Å². The number of Topliss-reactive ketones (excluding diaryl/α,β-unsaturated/α-hetero) is 1. The summed E-state index contributed by atoms with van der Waals surface area (Å²) in [5.41, 5.74) is -0.106. The standard InChI is InChI=1S/C14H14O5/c1-17-14(16)11(9-10-5-4-8-18-10)13(15)12-6-2-3-7-19-12/h4-6,8-9H,2-3,7H2,1H3/b11-9-. The first kappa shape index (κ1) is 13.1. The van der Waals surface area contributed by atoms with E-state index in [1.807, 2.05) is 0 Å². The number of methoxy groups -OCH3 is 1. The molecule has 1 aromatic heterocycles. The Kier molecular flexibility index (Phi) is 4.18. The summed E-state index contributed by atoms with van der Waals surface area (Å²) in [6.45, 7) is 0.479. The molecular formula is C14H14O5. The number of ether oxygens (including phenoxy) is 2. The lowest BCUT2D eigenvalue weighted by atomic mass is 10.1. The fourth-order valence-corrected chi connectivity index (χ4v) is 1.69. The Balaban J connectivity index is 2.30. The van der Waals surface area contributed by atoms with Gasteiger partial charge in [0.15, 0.2) is 5.76 Å². The van der Waals surface area contributed by atoms with Gasteiger partial charge in [0, 0.05) is 0 Å². The van der Waals surface area contributed by atoms with Crippen molar-refractivity contribution in [2.24, 2.45) is 0 Å². The third kappa shape index (κ3) is 3.13. The number of hydrogen-bond donors (Lipinski definition) is 0. The lowest BCUT2D eigenvalue weighted by molar-refractivity contribution is -0.137.